The maximum atomic E-state index is 6.54. The summed E-state index contributed by atoms with van der Waals surface area (Å²) < 4.78 is 34.8. The Morgan fingerprint density at radius 2 is 0.781 bits per heavy atom. The second kappa shape index (κ2) is 14.8. The molecule has 6 nitrogen and oxygen atoms in total. The van der Waals surface area contributed by atoms with Crippen molar-refractivity contribution >= 4 is 23.2 Å². The lowest BCUT2D eigenvalue weighted by atomic mass is 9.97. The summed E-state index contributed by atoms with van der Waals surface area (Å²) in [4.78, 5) is 0. The molecule has 1 aliphatic rings. The van der Waals surface area contributed by atoms with Crippen molar-refractivity contribution in [2.75, 3.05) is 66.1 Å². The van der Waals surface area contributed by atoms with E-state index in [2.05, 4.69) is 0 Å². The fourth-order valence-electron chi connectivity index (χ4n) is 3.32. The van der Waals surface area contributed by atoms with Crippen LogP contribution in [0.5, 0.6) is 0 Å². The Morgan fingerprint density at radius 3 is 1.12 bits per heavy atom. The Morgan fingerprint density at radius 1 is 0.469 bits per heavy atom. The van der Waals surface area contributed by atoms with Crippen molar-refractivity contribution in [3.63, 3.8) is 0 Å². The molecule has 3 rings (SSSR count). The second-order valence-electron chi connectivity index (χ2n) is 7.08. The normalized spacial score (nSPS) is 23.2. The molecule has 0 radical (unpaired) electrons. The van der Waals surface area contributed by atoms with E-state index in [-0.39, 0.29) is 0 Å². The zero-order valence-electron chi connectivity index (χ0n) is 18.0. The zero-order valence-corrected chi connectivity index (χ0v) is 19.6. The molecule has 2 aromatic rings. The Kier molecular flexibility index (Phi) is 11.8. The average molecular weight is 485 g/mol. The lowest BCUT2D eigenvalue weighted by molar-refractivity contribution is -0.103. The van der Waals surface area contributed by atoms with E-state index in [1.165, 1.54) is 0 Å². The largest absolute Gasteiger partial charge is 0.377 e. The molecule has 1 saturated heterocycles. The summed E-state index contributed by atoms with van der Waals surface area (Å²) in [7, 11) is 0. The SMILES string of the molecule is Clc1ccccc1C1OCCOCCOCCOCCOCCOC1c1ccccc1Cl. The Balaban J connectivity index is 1.80. The molecule has 0 aliphatic carbocycles. The van der Waals surface area contributed by atoms with Crippen molar-refractivity contribution in [1.82, 2.24) is 0 Å². The highest BCUT2D eigenvalue weighted by Crippen LogP contribution is 2.40. The van der Waals surface area contributed by atoms with Crippen LogP contribution in [-0.4, -0.2) is 66.1 Å². The smallest absolute Gasteiger partial charge is 0.114 e. The van der Waals surface area contributed by atoms with Crippen molar-refractivity contribution in [2.24, 2.45) is 0 Å². The maximum Gasteiger partial charge on any atom is 0.114 e. The van der Waals surface area contributed by atoms with E-state index < -0.39 is 12.2 Å². The third-order valence-corrected chi connectivity index (χ3v) is 5.55. The summed E-state index contributed by atoms with van der Waals surface area (Å²) in [6, 6.07) is 15.2. The quantitative estimate of drug-likeness (QED) is 0.604. The molecule has 1 aliphatic heterocycles. The van der Waals surface area contributed by atoms with Crippen LogP contribution in [0.3, 0.4) is 0 Å². The summed E-state index contributed by atoms with van der Waals surface area (Å²) in [6.45, 7) is 4.56. The van der Waals surface area contributed by atoms with Crippen molar-refractivity contribution in [3.8, 4) is 0 Å². The molecule has 0 aromatic heterocycles. The second-order valence-corrected chi connectivity index (χ2v) is 7.89. The van der Waals surface area contributed by atoms with Gasteiger partial charge in [-0.1, -0.05) is 59.6 Å². The Labute approximate surface area is 199 Å². The highest BCUT2D eigenvalue weighted by atomic mass is 35.5. The van der Waals surface area contributed by atoms with Crippen molar-refractivity contribution in [3.05, 3.63) is 69.7 Å². The summed E-state index contributed by atoms with van der Waals surface area (Å²) in [5.41, 5.74) is 1.65. The van der Waals surface area contributed by atoms with E-state index in [0.29, 0.717) is 76.1 Å². The molecular formula is C24H30Cl2O6. The molecule has 2 atom stereocenters. The number of rotatable bonds is 2. The van der Waals surface area contributed by atoms with Crippen molar-refractivity contribution < 1.29 is 28.4 Å². The highest BCUT2D eigenvalue weighted by molar-refractivity contribution is 6.31. The lowest BCUT2D eigenvalue weighted by Crippen LogP contribution is -2.23. The maximum absolute atomic E-state index is 6.54. The van der Waals surface area contributed by atoms with E-state index in [1.54, 1.807) is 0 Å². The molecule has 0 bridgehead atoms. The summed E-state index contributed by atoms with van der Waals surface area (Å²) in [6.07, 6.45) is -0.962. The first-order valence-corrected chi connectivity index (χ1v) is 11.6. The molecule has 1 heterocycles. The first-order valence-electron chi connectivity index (χ1n) is 10.8. The monoisotopic (exact) mass is 484 g/mol. The van der Waals surface area contributed by atoms with Crippen molar-refractivity contribution in [1.29, 1.82) is 0 Å². The summed E-state index contributed by atoms with van der Waals surface area (Å²) >= 11 is 13.1. The fourth-order valence-corrected chi connectivity index (χ4v) is 3.81. The van der Waals surface area contributed by atoms with E-state index >= 15 is 0 Å². The number of ether oxygens (including phenoxy) is 6. The van der Waals surface area contributed by atoms with Crippen LogP contribution in [-0.2, 0) is 28.4 Å². The molecule has 0 spiro atoms. The number of benzene rings is 2. The van der Waals surface area contributed by atoms with Gasteiger partial charge in [0.1, 0.15) is 12.2 Å². The number of hydrogen-bond acceptors (Lipinski definition) is 6. The van der Waals surface area contributed by atoms with Gasteiger partial charge < -0.3 is 28.4 Å². The van der Waals surface area contributed by atoms with Gasteiger partial charge in [0, 0.05) is 21.2 Å². The van der Waals surface area contributed by atoms with Crippen LogP contribution in [0.2, 0.25) is 10.0 Å². The minimum absolute atomic E-state index is 0.361. The minimum atomic E-state index is -0.481. The van der Waals surface area contributed by atoms with Crippen LogP contribution < -0.4 is 0 Å². The molecule has 32 heavy (non-hydrogen) atoms. The molecule has 0 N–H and O–H groups in total. The predicted molar refractivity (Wildman–Crippen MR) is 124 cm³/mol. The van der Waals surface area contributed by atoms with Gasteiger partial charge in [-0.3, -0.25) is 0 Å². The van der Waals surface area contributed by atoms with Gasteiger partial charge in [0.2, 0.25) is 0 Å². The fraction of sp³-hybridized carbons (Fsp3) is 0.500. The number of halogens is 2. The predicted octanol–water partition coefficient (Wildman–Crippen LogP) is 4.89. The topological polar surface area (TPSA) is 55.4 Å². The third kappa shape index (κ3) is 8.28. The van der Waals surface area contributed by atoms with E-state index in [9.17, 15) is 0 Å². The highest BCUT2D eigenvalue weighted by Gasteiger charge is 2.30. The van der Waals surface area contributed by atoms with Crippen LogP contribution in [0.1, 0.15) is 23.3 Å². The molecule has 1 fully saturated rings. The molecule has 0 saturated carbocycles. The standard InChI is InChI=1S/C24H30Cl2O6/c25-21-7-3-1-5-19(21)23-24(20-6-2-4-8-22(20)26)32-18-16-30-14-12-28-10-9-27-11-13-29-15-17-31-23/h1-8,23-24H,9-18H2. The van der Waals surface area contributed by atoms with Gasteiger partial charge in [-0.05, 0) is 12.1 Å². The Bertz CT molecular complexity index is 725. The van der Waals surface area contributed by atoms with Crippen molar-refractivity contribution in [2.45, 2.75) is 12.2 Å². The molecule has 8 heteroatoms. The van der Waals surface area contributed by atoms with Crippen LogP contribution in [0.25, 0.3) is 0 Å². The minimum Gasteiger partial charge on any atom is -0.377 e. The average Bonchev–Trinajstić information content (AvgIpc) is 2.80. The van der Waals surface area contributed by atoms with Gasteiger partial charge >= 0.3 is 0 Å². The summed E-state index contributed by atoms with van der Waals surface area (Å²) in [5, 5.41) is 1.20. The van der Waals surface area contributed by atoms with Gasteiger partial charge in [0.05, 0.1) is 66.1 Å². The van der Waals surface area contributed by atoms with E-state index in [4.69, 9.17) is 51.6 Å². The molecule has 2 unspecified atom stereocenters. The first-order chi connectivity index (χ1) is 15.8. The van der Waals surface area contributed by atoms with Crippen LogP contribution in [0, 0.1) is 0 Å². The first kappa shape index (κ1) is 25.4. The molecular weight excluding hydrogens is 455 g/mol. The Hall–Kier alpha value is -1.22. The van der Waals surface area contributed by atoms with Gasteiger partial charge in [-0.2, -0.15) is 0 Å². The van der Waals surface area contributed by atoms with E-state index in [1.807, 2.05) is 48.5 Å². The van der Waals surface area contributed by atoms with E-state index in [0.717, 1.165) is 11.1 Å². The third-order valence-electron chi connectivity index (χ3n) is 4.86. The lowest BCUT2D eigenvalue weighted by Gasteiger charge is -2.29. The molecule has 176 valence electrons. The number of hydrogen-bond donors (Lipinski definition) is 0. The van der Waals surface area contributed by atoms with Gasteiger partial charge in [0.15, 0.2) is 0 Å². The van der Waals surface area contributed by atoms with Gasteiger partial charge in [0.25, 0.3) is 0 Å². The van der Waals surface area contributed by atoms with Gasteiger partial charge in [-0.15, -0.1) is 0 Å². The van der Waals surface area contributed by atoms with Crippen LogP contribution in [0.15, 0.2) is 48.5 Å². The van der Waals surface area contributed by atoms with Crippen LogP contribution in [0.4, 0.5) is 0 Å². The molecule has 2 aromatic carbocycles. The van der Waals surface area contributed by atoms with Gasteiger partial charge in [-0.25, -0.2) is 0 Å². The zero-order chi connectivity index (χ0) is 22.4. The van der Waals surface area contributed by atoms with Crippen LogP contribution >= 0.6 is 23.2 Å². The summed E-state index contributed by atoms with van der Waals surface area (Å²) in [5.74, 6) is 0. The molecule has 0 amide bonds.